The molecule has 630 valence electrons. The zero-order valence-corrected chi connectivity index (χ0v) is 65.3. The lowest BCUT2D eigenvalue weighted by Gasteiger charge is -2.32. The number of nitrogens with two attached hydrogens (primary N) is 2. The first-order valence-corrected chi connectivity index (χ1v) is 38.7. The van der Waals surface area contributed by atoms with Crippen LogP contribution in [0.3, 0.4) is 0 Å². The number of aliphatic imine (C=N–C) groups is 1. The average molecular weight is 1640 g/mol. The van der Waals surface area contributed by atoms with Gasteiger partial charge >= 0.3 is 30.1 Å². The molecule has 2 aromatic carbocycles. The lowest BCUT2D eigenvalue weighted by Crippen LogP contribution is -2.62. The van der Waals surface area contributed by atoms with Crippen molar-refractivity contribution >= 4 is 101 Å². The van der Waals surface area contributed by atoms with Gasteiger partial charge in [-0.05, 0) is 86.0 Å². The van der Waals surface area contributed by atoms with Gasteiger partial charge in [0, 0.05) is 80.0 Å². The number of H-pyrrole nitrogens is 2. The van der Waals surface area contributed by atoms with E-state index in [0.717, 1.165) is 5.75 Å². The standard InChI is InChI=1S/C72H103N19O16S.C2HF3O2/c1-7-40(6)59(68(103)85-51(31-44-34-76-37-79-44)69(104)91-26-14-18-54(91)66(101)83-47(28-41-15-9-8-10-16-41)62(97)82-49(30-43-33-75-36-78-43)63(98)86-52(70(105)106)27-38(2)3)89-65(100)48(29-42-21-23-45(92)24-22-42)84-67(102)58(39(4)5)88-61(96)46(17-13-25-77-71(73)74)81-64(99)50(32-57(94)95)80-56(93)20-12-11-19-55-60-53(35-108-55)87-72(107)90-60;3-2(4,5)1(6)7/h8-10,15-16,21-24,33-34,36-40,46-55,58-60,92H,7,11-14,17-20,25-32,35H2,1-6H3,(H,75,78)(H,76,79)(H,80,93)(H,81,99)(H,82,97)(H,83,101)(H,84,102)(H,85,103)(H,86,98)(H,88,96)(H,89,100)(H,94,95)(H,105,106)(H4,73,74,77)(H2,87,90,107);(H,6,7)/t40-,46-,47-,48-,49-,50-,51-,52-,53-,54-,55-,58+,59-,60-;/m0./s1. The van der Waals surface area contributed by atoms with Crippen molar-refractivity contribution in [2.24, 2.45) is 34.2 Å². The van der Waals surface area contributed by atoms with E-state index in [1.165, 1.54) is 54.2 Å². The van der Waals surface area contributed by atoms with Crippen molar-refractivity contribution in [2.75, 3.05) is 18.8 Å². The molecule has 3 aliphatic rings. The average Bonchev–Trinajstić information content (AvgIpc) is 1.77. The smallest absolute Gasteiger partial charge is 0.490 e. The number of carbonyl (C=O) groups is 14. The highest BCUT2D eigenvalue weighted by Crippen LogP contribution is 2.33. The number of carbonyl (C=O) groups excluding carboxylic acids is 11. The maximum atomic E-state index is 15.2. The number of guanidine groups is 1. The molecule has 21 N–H and O–H groups in total. The number of urea groups is 1. The summed E-state index contributed by atoms with van der Waals surface area (Å²) >= 11 is 1.71. The number of nitrogens with one attached hydrogen (secondary N) is 13. The Labute approximate surface area is 664 Å². The number of likely N-dealkylation sites (tertiary alicyclic amines) is 1. The molecular weight excluding hydrogens is 1530 g/mol. The van der Waals surface area contributed by atoms with Crippen LogP contribution in [0.5, 0.6) is 5.75 Å². The summed E-state index contributed by atoms with van der Waals surface area (Å²) in [6.45, 7) is 10.2. The zero-order chi connectivity index (χ0) is 84.8. The Morgan fingerprint density at radius 1 is 0.635 bits per heavy atom. The molecule has 3 saturated heterocycles. The van der Waals surface area contributed by atoms with Crippen molar-refractivity contribution in [1.29, 1.82) is 0 Å². The predicted octanol–water partition coefficient (Wildman–Crippen LogP) is 0.183. The van der Waals surface area contributed by atoms with Gasteiger partial charge < -0.3 is 105 Å². The van der Waals surface area contributed by atoms with E-state index in [9.17, 15) is 76.4 Å². The zero-order valence-electron chi connectivity index (χ0n) is 64.5. The molecule has 0 bridgehead atoms. The minimum Gasteiger partial charge on any atom is -0.508 e. The number of phenols is 1. The van der Waals surface area contributed by atoms with Crippen molar-refractivity contribution in [2.45, 2.75) is 222 Å². The Hall–Kier alpha value is -11.6. The van der Waals surface area contributed by atoms with Crippen molar-refractivity contribution in [3.05, 3.63) is 102 Å². The second-order valence-electron chi connectivity index (χ2n) is 29.1. The Morgan fingerprint density at radius 2 is 1.17 bits per heavy atom. The van der Waals surface area contributed by atoms with Crippen LogP contribution in [0.15, 0.2) is 84.6 Å². The molecule has 4 aromatic rings. The maximum absolute atomic E-state index is 15.2. The number of benzene rings is 2. The van der Waals surface area contributed by atoms with E-state index >= 15 is 14.4 Å². The summed E-state index contributed by atoms with van der Waals surface area (Å²) in [5.41, 5.74) is 13.0. The van der Waals surface area contributed by atoms with Crippen LogP contribution in [0.2, 0.25) is 0 Å². The summed E-state index contributed by atoms with van der Waals surface area (Å²) in [4.78, 5) is 210. The van der Waals surface area contributed by atoms with Gasteiger partial charge in [-0.15, -0.1) is 0 Å². The van der Waals surface area contributed by atoms with Crippen LogP contribution in [0, 0.1) is 17.8 Å². The van der Waals surface area contributed by atoms with Crippen molar-refractivity contribution in [3.63, 3.8) is 0 Å². The molecule has 0 spiro atoms. The fourth-order valence-electron chi connectivity index (χ4n) is 13.0. The normalized spacial score (nSPS) is 18.2. The number of alkyl halides is 3. The molecule has 12 amide bonds. The molecule has 14 atom stereocenters. The molecule has 5 heterocycles. The topological polar surface area (TPSA) is 577 Å². The van der Waals surface area contributed by atoms with Crippen molar-refractivity contribution in [1.82, 2.24) is 83.3 Å². The summed E-state index contributed by atoms with van der Waals surface area (Å²) in [6.07, 6.45) is 1.38. The third kappa shape index (κ3) is 30.1. The molecule has 41 heteroatoms. The predicted molar refractivity (Wildman–Crippen MR) is 410 cm³/mol. The Morgan fingerprint density at radius 3 is 1.73 bits per heavy atom. The van der Waals surface area contributed by atoms with Gasteiger partial charge in [-0.2, -0.15) is 24.9 Å². The van der Waals surface area contributed by atoms with Gasteiger partial charge in [0.1, 0.15) is 66.2 Å². The van der Waals surface area contributed by atoms with Gasteiger partial charge in [0.15, 0.2) is 5.96 Å². The van der Waals surface area contributed by atoms with Crippen molar-refractivity contribution in [3.8, 4) is 5.75 Å². The van der Waals surface area contributed by atoms with E-state index in [1.807, 2.05) is 0 Å². The number of carboxylic acids is 3. The molecule has 0 unspecified atom stereocenters. The van der Waals surface area contributed by atoms with E-state index in [2.05, 4.69) is 83.4 Å². The molecule has 7 rings (SSSR count). The van der Waals surface area contributed by atoms with Gasteiger partial charge in [-0.25, -0.2) is 24.4 Å². The first-order valence-electron chi connectivity index (χ1n) is 37.7. The number of aromatic amines is 2. The number of hydrogen-bond acceptors (Lipinski definition) is 19. The number of imidazole rings is 2. The number of phenolic OH excluding ortho intramolecular Hbond substituents is 1. The number of carboxylic acid groups (broad SMARTS) is 3. The maximum Gasteiger partial charge on any atom is 0.490 e. The molecule has 0 radical (unpaired) electrons. The third-order valence-corrected chi connectivity index (χ3v) is 20.8. The number of aliphatic carboxylic acids is 3. The number of rotatable bonds is 43. The van der Waals surface area contributed by atoms with E-state index < -0.39 is 162 Å². The Balaban J connectivity index is 0.00000280. The molecule has 3 aliphatic heterocycles. The number of nitrogens with zero attached hydrogens (tertiary/aromatic N) is 4. The van der Waals surface area contributed by atoms with Gasteiger partial charge in [0.2, 0.25) is 59.1 Å². The number of aromatic nitrogens is 4. The van der Waals surface area contributed by atoms with E-state index in [-0.39, 0.29) is 118 Å². The van der Waals surface area contributed by atoms with Crippen LogP contribution >= 0.6 is 11.8 Å². The van der Waals surface area contributed by atoms with Crippen molar-refractivity contribution < 1.29 is 101 Å². The largest absolute Gasteiger partial charge is 0.508 e. The number of thioether (sulfide) groups is 1. The highest BCUT2D eigenvalue weighted by molar-refractivity contribution is 8.00. The first kappa shape index (κ1) is 92.3. The lowest BCUT2D eigenvalue weighted by atomic mass is 9.96. The number of unbranched alkanes of at least 4 members (excludes halogenated alkanes) is 1. The summed E-state index contributed by atoms with van der Waals surface area (Å²) in [6, 6.07) is 0.0377. The summed E-state index contributed by atoms with van der Waals surface area (Å²) in [5, 5.41) is 67.3. The number of halogens is 3. The van der Waals surface area contributed by atoms with E-state index in [1.54, 1.807) is 83.6 Å². The number of hydrogen-bond donors (Lipinski definition) is 19. The van der Waals surface area contributed by atoms with Crippen LogP contribution in [0.25, 0.3) is 0 Å². The number of aromatic hydroxyl groups is 1. The highest BCUT2D eigenvalue weighted by Gasteiger charge is 2.45. The lowest BCUT2D eigenvalue weighted by molar-refractivity contribution is -0.192. The molecule has 0 saturated carbocycles. The highest BCUT2D eigenvalue weighted by atomic mass is 32.2. The quantitative estimate of drug-likeness (QED) is 0.0122. The second-order valence-corrected chi connectivity index (χ2v) is 30.4. The van der Waals surface area contributed by atoms with Crippen LogP contribution in [-0.2, 0) is 88.0 Å². The minimum atomic E-state index is -5.08. The van der Waals surface area contributed by atoms with Gasteiger partial charge in [-0.1, -0.05) is 96.8 Å². The molecule has 0 aliphatic carbocycles. The number of fused-ring (bicyclic) bond motifs is 1. The molecule has 115 heavy (non-hydrogen) atoms. The summed E-state index contributed by atoms with van der Waals surface area (Å²) in [7, 11) is 0. The summed E-state index contributed by atoms with van der Waals surface area (Å²) < 4.78 is 31.7. The third-order valence-electron chi connectivity index (χ3n) is 19.3. The first-order chi connectivity index (χ1) is 54.4. The molecule has 37 nitrogen and oxygen atoms in total. The Kier molecular flexibility index (Phi) is 35.9. The fourth-order valence-corrected chi connectivity index (χ4v) is 14.6. The van der Waals surface area contributed by atoms with E-state index in [0.29, 0.717) is 48.2 Å². The summed E-state index contributed by atoms with van der Waals surface area (Å²) in [5.74, 6) is -14.8. The minimum absolute atomic E-state index is 0.0153. The van der Waals surface area contributed by atoms with Crippen LogP contribution in [0.1, 0.15) is 135 Å². The van der Waals surface area contributed by atoms with Gasteiger partial charge in [-0.3, -0.25) is 57.7 Å². The van der Waals surface area contributed by atoms with Crippen LogP contribution in [-0.4, -0.2) is 237 Å². The monoisotopic (exact) mass is 1640 g/mol. The molecular formula is C74H104F3N19O18S. The van der Waals surface area contributed by atoms with Gasteiger partial charge in [0.25, 0.3) is 0 Å². The number of amides is 12. The molecule has 2 aromatic heterocycles. The molecule has 3 fully saturated rings. The van der Waals surface area contributed by atoms with Gasteiger partial charge in [0.05, 0.1) is 31.2 Å². The van der Waals surface area contributed by atoms with Crippen LogP contribution < -0.4 is 70.0 Å². The van der Waals surface area contributed by atoms with E-state index in [4.69, 9.17) is 21.4 Å². The fraction of sp³-hybridized carbons (Fsp3) is 0.554. The second kappa shape index (κ2) is 44.8. The van der Waals surface area contributed by atoms with Crippen LogP contribution in [0.4, 0.5) is 18.0 Å². The Bertz CT molecular complexity index is 3990. The SMILES string of the molecule is CC[C@H](C)[C@H](NC(=O)[C@H](Cc1ccc(O)cc1)NC(=O)[C@H](NC(=O)[C@H](CCCN=C(N)N)NC(=O)[C@H](CC(=O)O)NC(=O)CCCC[C@@H]1SC[C@@H]2NC(=O)N[C@@H]21)C(C)C)C(=O)N[C@@H](Cc1cnc[nH]1)C(=O)N1CCC[C@H]1C(=O)N[C@@H](Cc1ccccc1)C(=O)N[C@@H](Cc1cnc[nH]1)C(=O)N[C@@H](CC(C)C)C(=O)O.O=C(O)C(F)(F)F.